The minimum absolute atomic E-state index is 1.01. The predicted molar refractivity (Wildman–Crippen MR) is 75.8 cm³/mol. The van der Waals surface area contributed by atoms with Crippen LogP contribution in [0.25, 0.3) is 0 Å². The monoisotopic (exact) mass is 226 g/mol. The topological polar surface area (TPSA) is 0 Å². The Hall–Kier alpha value is 0. The summed E-state index contributed by atoms with van der Waals surface area (Å²) in [5, 5.41) is 0. The van der Waals surface area contributed by atoms with Crippen molar-refractivity contribution in [2.75, 3.05) is 0 Å². The Bertz CT molecular complexity index is 122. The van der Waals surface area contributed by atoms with Crippen LogP contribution < -0.4 is 0 Å². The summed E-state index contributed by atoms with van der Waals surface area (Å²) in [5.41, 5.74) is 0. The molecule has 0 bridgehead atoms. The van der Waals surface area contributed by atoms with Crippen LogP contribution in [0.1, 0.15) is 91.9 Å². The van der Waals surface area contributed by atoms with E-state index in [4.69, 9.17) is 0 Å². The lowest BCUT2D eigenvalue weighted by atomic mass is 9.88. The third-order valence-electron chi connectivity index (χ3n) is 3.89. The third-order valence-corrected chi connectivity index (χ3v) is 3.89. The molecule has 0 aliphatic heterocycles. The van der Waals surface area contributed by atoms with Crippen LogP contribution in [-0.2, 0) is 0 Å². The molecule has 0 radical (unpaired) electrons. The highest BCUT2D eigenvalue weighted by Gasteiger charge is 2.09. The molecular formula is C16H34. The average Bonchev–Trinajstić information content (AvgIpc) is 2.28. The lowest BCUT2D eigenvalue weighted by Crippen LogP contribution is -2.03. The summed E-state index contributed by atoms with van der Waals surface area (Å²) in [5.74, 6) is 2.03. The van der Waals surface area contributed by atoms with Gasteiger partial charge in [0.15, 0.2) is 0 Å². The summed E-state index contributed by atoms with van der Waals surface area (Å²) in [6.45, 7) is 9.33. The average molecular weight is 226 g/mol. The maximum atomic E-state index is 2.36. The van der Waals surface area contributed by atoms with Crippen molar-refractivity contribution in [2.24, 2.45) is 11.8 Å². The molecule has 0 saturated carbocycles. The molecule has 0 aliphatic rings. The van der Waals surface area contributed by atoms with E-state index < -0.39 is 0 Å². The predicted octanol–water partition coefficient (Wildman–Crippen LogP) is 6.20. The second-order valence-corrected chi connectivity index (χ2v) is 5.44. The smallest absolute Gasteiger partial charge is 0.0414 e. The van der Waals surface area contributed by atoms with Gasteiger partial charge in [0.25, 0.3) is 0 Å². The minimum atomic E-state index is 1.01. The maximum absolute atomic E-state index is 2.36. The number of hydrogen-bond donors (Lipinski definition) is 0. The summed E-state index contributed by atoms with van der Waals surface area (Å²) in [7, 11) is 0. The van der Waals surface area contributed by atoms with Crippen molar-refractivity contribution in [1.82, 2.24) is 0 Å². The highest BCUT2D eigenvalue weighted by molar-refractivity contribution is 4.62. The quantitative estimate of drug-likeness (QED) is 0.393. The summed E-state index contributed by atoms with van der Waals surface area (Å²) >= 11 is 0. The molecule has 0 fully saturated rings. The van der Waals surface area contributed by atoms with Crippen LogP contribution in [0.15, 0.2) is 0 Å². The first kappa shape index (κ1) is 16.0. The Labute approximate surface area is 104 Å². The van der Waals surface area contributed by atoms with Crippen molar-refractivity contribution in [3.8, 4) is 0 Å². The number of rotatable bonds is 11. The molecule has 0 aromatic heterocycles. The van der Waals surface area contributed by atoms with E-state index in [2.05, 4.69) is 27.7 Å². The van der Waals surface area contributed by atoms with Gasteiger partial charge in [0.05, 0.1) is 0 Å². The SMILES string of the molecule is CCCC(CC)CCCC(CCC)CCC. The van der Waals surface area contributed by atoms with Crippen LogP contribution in [0.5, 0.6) is 0 Å². The van der Waals surface area contributed by atoms with Crippen LogP contribution in [0, 0.1) is 11.8 Å². The van der Waals surface area contributed by atoms with Gasteiger partial charge in [-0.05, 0) is 11.8 Å². The van der Waals surface area contributed by atoms with Gasteiger partial charge in [-0.25, -0.2) is 0 Å². The van der Waals surface area contributed by atoms with Crippen molar-refractivity contribution >= 4 is 0 Å². The first-order valence-electron chi connectivity index (χ1n) is 7.78. The van der Waals surface area contributed by atoms with Crippen LogP contribution in [-0.4, -0.2) is 0 Å². The molecule has 16 heavy (non-hydrogen) atoms. The van der Waals surface area contributed by atoms with Gasteiger partial charge in [-0.2, -0.15) is 0 Å². The third kappa shape index (κ3) is 8.19. The Kier molecular flexibility index (Phi) is 11.5. The van der Waals surface area contributed by atoms with Gasteiger partial charge in [-0.3, -0.25) is 0 Å². The molecule has 0 aliphatic carbocycles. The lowest BCUT2D eigenvalue weighted by molar-refractivity contribution is 0.354. The summed E-state index contributed by atoms with van der Waals surface area (Å²) < 4.78 is 0. The van der Waals surface area contributed by atoms with Gasteiger partial charge in [0, 0.05) is 0 Å². The Balaban J connectivity index is 3.65. The second kappa shape index (κ2) is 11.5. The van der Waals surface area contributed by atoms with Gasteiger partial charge < -0.3 is 0 Å². The number of hydrogen-bond acceptors (Lipinski definition) is 0. The summed E-state index contributed by atoms with van der Waals surface area (Å²) in [6.07, 6.45) is 14.3. The normalized spacial score (nSPS) is 13.3. The molecule has 0 spiro atoms. The first-order chi connectivity index (χ1) is 7.78. The van der Waals surface area contributed by atoms with Crippen LogP contribution in [0.2, 0.25) is 0 Å². The molecule has 0 aromatic rings. The highest BCUT2D eigenvalue weighted by atomic mass is 14.1. The fourth-order valence-corrected chi connectivity index (χ4v) is 2.91. The Morgan fingerprint density at radius 1 is 0.562 bits per heavy atom. The Morgan fingerprint density at radius 2 is 1.00 bits per heavy atom. The molecular weight excluding hydrogens is 192 g/mol. The molecule has 98 valence electrons. The van der Waals surface area contributed by atoms with E-state index in [1.165, 1.54) is 64.2 Å². The van der Waals surface area contributed by atoms with Gasteiger partial charge in [0.1, 0.15) is 0 Å². The van der Waals surface area contributed by atoms with E-state index in [-0.39, 0.29) is 0 Å². The zero-order valence-corrected chi connectivity index (χ0v) is 12.2. The van der Waals surface area contributed by atoms with Crippen molar-refractivity contribution in [2.45, 2.75) is 91.9 Å². The van der Waals surface area contributed by atoms with E-state index in [9.17, 15) is 0 Å². The van der Waals surface area contributed by atoms with E-state index in [0.29, 0.717) is 0 Å². The Morgan fingerprint density at radius 3 is 1.44 bits per heavy atom. The first-order valence-corrected chi connectivity index (χ1v) is 7.78. The van der Waals surface area contributed by atoms with Gasteiger partial charge in [0.2, 0.25) is 0 Å². The molecule has 0 saturated heterocycles. The largest absolute Gasteiger partial charge is 0.0654 e. The molecule has 0 amide bonds. The van der Waals surface area contributed by atoms with Crippen LogP contribution >= 0.6 is 0 Å². The maximum Gasteiger partial charge on any atom is -0.0414 e. The zero-order valence-electron chi connectivity index (χ0n) is 12.2. The molecule has 1 unspecified atom stereocenters. The summed E-state index contributed by atoms with van der Waals surface area (Å²) in [6, 6.07) is 0. The minimum Gasteiger partial charge on any atom is -0.0654 e. The van der Waals surface area contributed by atoms with Crippen molar-refractivity contribution < 1.29 is 0 Å². The van der Waals surface area contributed by atoms with Crippen LogP contribution in [0.4, 0.5) is 0 Å². The fourth-order valence-electron chi connectivity index (χ4n) is 2.91. The summed E-state index contributed by atoms with van der Waals surface area (Å²) in [4.78, 5) is 0. The zero-order chi connectivity index (χ0) is 12.2. The lowest BCUT2D eigenvalue weighted by Gasteiger charge is -2.18. The molecule has 0 aromatic carbocycles. The van der Waals surface area contributed by atoms with E-state index in [0.717, 1.165) is 11.8 Å². The van der Waals surface area contributed by atoms with Gasteiger partial charge in [-0.1, -0.05) is 91.9 Å². The molecule has 0 rings (SSSR count). The molecule has 1 atom stereocenters. The second-order valence-electron chi connectivity index (χ2n) is 5.44. The molecule has 0 heteroatoms. The molecule has 0 N–H and O–H groups in total. The fraction of sp³-hybridized carbons (Fsp3) is 1.00. The van der Waals surface area contributed by atoms with E-state index in [1.54, 1.807) is 0 Å². The van der Waals surface area contributed by atoms with Crippen molar-refractivity contribution in [1.29, 1.82) is 0 Å². The van der Waals surface area contributed by atoms with Crippen LogP contribution in [0.3, 0.4) is 0 Å². The van der Waals surface area contributed by atoms with Crippen molar-refractivity contribution in [3.63, 3.8) is 0 Å². The van der Waals surface area contributed by atoms with Crippen molar-refractivity contribution in [3.05, 3.63) is 0 Å². The molecule has 0 nitrogen and oxygen atoms in total. The molecule has 0 heterocycles. The van der Waals surface area contributed by atoms with E-state index >= 15 is 0 Å². The van der Waals surface area contributed by atoms with Gasteiger partial charge in [-0.15, -0.1) is 0 Å². The van der Waals surface area contributed by atoms with E-state index in [1.807, 2.05) is 0 Å². The van der Waals surface area contributed by atoms with Gasteiger partial charge >= 0.3 is 0 Å². The standard InChI is InChI=1S/C16H34/c1-5-10-15(8-4)13-9-14-16(11-6-2)12-7-3/h15-16H,5-14H2,1-4H3. The highest BCUT2D eigenvalue weighted by Crippen LogP contribution is 2.24.